The normalized spacial score (nSPS) is 11.6. The number of nitrogens with zero attached hydrogens (tertiary/aromatic N) is 1. The van der Waals surface area contributed by atoms with E-state index in [0.29, 0.717) is 17.1 Å². The molecule has 0 unspecified atom stereocenters. The molecule has 0 saturated heterocycles. The topological polar surface area (TPSA) is 94.6 Å². The highest BCUT2D eigenvalue weighted by Gasteiger charge is 2.21. The zero-order valence-electron chi connectivity index (χ0n) is 13.1. The van der Waals surface area contributed by atoms with Gasteiger partial charge in [0, 0.05) is 11.6 Å². The van der Waals surface area contributed by atoms with Crippen molar-refractivity contribution in [2.24, 2.45) is 0 Å². The van der Waals surface area contributed by atoms with E-state index in [4.69, 9.17) is 13.7 Å². The highest BCUT2D eigenvalue weighted by Crippen LogP contribution is 2.30. The van der Waals surface area contributed by atoms with Crippen LogP contribution in [0.3, 0.4) is 0 Å². The molecule has 0 radical (unpaired) electrons. The Morgan fingerprint density at radius 1 is 1.21 bits per heavy atom. The van der Waals surface area contributed by atoms with Gasteiger partial charge in [-0.25, -0.2) is 13.1 Å². The summed E-state index contributed by atoms with van der Waals surface area (Å²) in [5.41, 5.74) is 0.671. The monoisotopic (exact) mass is 348 g/mol. The number of rotatable bonds is 6. The number of methoxy groups -OCH3 is 1. The zero-order chi connectivity index (χ0) is 17.2. The van der Waals surface area contributed by atoms with Crippen molar-refractivity contribution >= 4 is 10.0 Å². The van der Waals surface area contributed by atoms with Gasteiger partial charge in [0.25, 0.3) is 0 Å². The molecule has 126 valence electrons. The largest absolute Gasteiger partial charge is 0.495 e. The molecular weight excluding hydrogens is 332 g/mol. The molecule has 8 heteroatoms. The smallest absolute Gasteiger partial charge is 0.244 e. The minimum absolute atomic E-state index is 0.0385. The molecule has 0 saturated carbocycles. The summed E-state index contributed by atoms with van der Waals surface area (Å²) in [6, 6.07) is 9.87. The molecule has 0 atom stereocenters. The fraction of sp³-hybridized carbons (Fsp3) is 0.188. The van der Waals surface area contributed by atoms with Crippen molar-refractivity contribution < 1.29 is 22.1 Å². The Bertz CT molecular complexity index is 929. The molecule has 0 aliphatic heterocycles. The third kappa shape index (κ3) is 3.34. The molecule has 0 fully saturated rings. The van der Waals surface area contributed by atoms with E-state index in [1.807, 2.05) is 0 Å². The van der Waals surface area contributed by atoms with Gasteiger partial charge in [0.05, 0.1) is 19.9 Å². The zero-order valence-corrected chi connectivity index (χ0v) is 14.0. The lowest BCUT2D eigenvalue weighted by atomic mass is 10.1. The van der Waals surface area contributed by atoms with E-state index < -0.39 is 10.0 Å². The molecule has 3 rings (SSSR count). The minimum atomic E-state index is -3.76. The van der Waals surface area contributed by atoms with Crippen LogP contribution in [0.1, 0.15) is 11.5 Å². The van der Waals surface area contributed by atoms with Gasteiger partial charge in [0.15, 0.2) is 5.76 Å². The second kappa shape index (κ2) is 6.50. The van der Waals surface area contributed by atoms with Crippen LogP contribution in [0.2, 0.25) is 0 Å². The molecule has 7 nitrogen and oxygen atoms in total. The van der Waals surface area contributed by atoms with Gasteiger partial charge in [-0.2, -0.15) is 0 Å². The molecule has 2 heterocycles. The standard InChI is InChI=1S/C16H16N2O5S/c1-11-3-5-13(22-11)10-18-24(19,20)16-6-4-12(9-15(16)21-2)14-7-8-17-23-14/h3-9,18H,10H2,1-2H3. The van der Waals surface area contributed by atoms with Crippen LogP contribution < -0.4 is 9.46 Å². The fourth-order valence-corrected chi connectivity index (χ4v) is 3.37. The number of aryl methyl sites for hydroxylation is 1. The Morgan fingerprint density at radius 2 is 2.04 bits per heavy atom. The lowest BCUT2D eigenvalue weighted by molar-refractivity contribution is 0.401. The first kappa shape index (κ1) is 16.3. The number of benzene rings is 1. The number of sulfonamides is 1. The van der Waals surface area contributed by atoms with Gasteiger partial charge in [-0.15, -0.1) is 0 Å². The first-order chi connectivity index (χ1) is 11.5. The Hall–Kier alpha value is -2.58. The summed E-state index contributed by atoms with van der Waals surface area (Å²) in [5, 5.41) is 3.63. The number of furan rings is 1. The minimum Gasteiger partial charge on any atom is -0.495 e. The lowest BCUT2D eigenvalue weighted by Gasteiger charge is -2.11. The van der Waals surface area contributed by atoms with E-state index >= 15 is 0 Å². The van der Waals surface area contributed by atoms with Crippen LogP contribution in [0.4, 0.5) is 0 Å². The lowest BCUT2D eigenvalue weighted by Crippen LogP contribution is -2.23. The van der Waals surface area contributed by atoms with E-state index in [1.165, 1.54) is 19.4 Å². The highest BCUT2D eigenvalue weighted by atomic mass is 32.2. The predicted octanol–water partition coefficient (Wildman–Crippen LogP) is 2.73. The molecule has 0 amide bonds. The Morgan fingerprint density at radius 3 is 2.67 bits per heavy atom. The Labute approximate surface area is 139 Å². The SMILES string of the molecule is COc1cc(-c2ccno2)ccc1S(=O)(=O)NCc1ccc(C)o1. The number of hydrogen-bond acceptors (Lipinski definition) is 6. The van der Waals surface area contributed by atoms with Crippen molar-refractivity contribution in [1.82, 2.24) is 9.88 Å². The first-order valence-corrected chi connectivity index (χ1v) is 8.62. The second-order valence-electron chi connectivity index (χ2n) is 5.08. The van der Waals surface area contributed by atoms with E-state index in [2.05, 4.69) is 9.88 Å². The van der Waals surface area contributed by atoms with E-state index in [1.54, 1.807) is 37.3 Å². The number of nitrogens with one attached hydrogen (secondary N) is 1. The van der Waals surface area contributed by atoms with Gasteiger partial charge in [0.1, 0.15) is 22.2 Å². The van der Waals surface area contributed by atoms with Crippen LogP contribution in [0.15, 0.2) is 56.4 Å². The molecule has 0 aliphatic carbocycles. The van der Waals surface area contributed by atoms with Crippen LogP contribution >= 0.6 is 0 Å². The van der Waals surface area contributed by atoms with Crippen molar-refractivity contribution in [2.45, 2.75) is 18.4 Å². The summed E-state index contributed by atoms with van der Waals surface area (Å²) in [4.78, 5) is 0.0385. The maximum Gasteiger partial charge on any atom is 0.244 e. The Kier molecular flexibility index (Phi) is 4.41. The van der Waals surface area contributed by atoms with Crippen LogP contribution in [0.5, 0.6) is 5.75 Å². The third-order valence-electron chi connectivity index (χ3n) is 3.41. The Balaban J connectivity index is 1.86. The number of ether oxygens (including phenoxy) is 1. The first-order valence-electron chi connectivity index (χ1n) is 7.13. The molecule has 0 spiro atoms. The molecule has 1 N–H and O–H groups in total. The van der Waals surface area contributed by atoms with E-state index in [-0.39, 0.29) is 17.2 Å². The quantitative estimate of drug-likeness (QED) is 0.736. The van der Waals surface area contributed by atoms with Crippen molar-refractivity contribution in [2.75, 3.05) is 7.11 Å². The molecule has 1 aromatic carbocycles. The van der Waals surface area contributed by atoms with Gasteiger partial charge in [0.2, 0.25) is 10.0 Å². The third-order valence-corrected chi connectivity index (χ3v) is 4.85. The summed E-state index contributed by atoms with van der Waals surface area (Å²) in [5.74, 6) is 2.00. The average molecular weight is 348 g/mol. The molecule has 2 aromatic heterocycles. The summed E-state index contributed by atoms with van der Waals surface area (Å²) >= 11 is 0. The van der Waals surface area contributed by atoms with Gasteiger partial charge in [-0.3, -0.25) is 0 Å². The maximum atomic E-state index is 12.5. The second-order valence-corrected chi connectivity index (χ2v) is 6.81. The fourth-order valence-electron chi connectivity index (χ4n) is 2.23. The predicted molar refractivity (Wildman–Crippen MR) is 86.0 cm³/mol. The van der Waals surface area contributed by atoms with Gasteiger partial charge in [-0.1, -0.05) is 5.16 Å². The maximum absolute atomic E-state index is 12.5. The van der Waals surface area contributed by atoms with Crippen molar-refractivity contribution in [3.63, 3.8) is 0 Å². The van der Waals surface area contributed by atoms with Crippen molar-refractivity contribution in [3.8, 4) is 17.1 Å². The number of hydrogen-bond donors (Lipinski definition) is 1. The molecule has 24 heavy (non-hydrogen) atoms. The van der Waals surface area contributed by atoms with Crippen LogP contribution in [0.25, 0.3) is 11.3 Å². The summed E-state index contributed by atoms with van der Waals surface area (Å²) in [7, 11) is -2.35. The summed E-state index contributed by atoms with van der Waals surface area (Å²) < 4.78 is 43.2. The molecular formula is C16H16N2O5S. The van der Waals surface area contributed by atoms with E-state index in [9.17, 15) is 8.42 Å². The van der Waals surface area contributed by atoms with Gasteiger partial charge < -0.3 is 13.7 Å². The molecule has 3 aromatic rings. The number of aromatic nitrogens is 1. The highest BCUT2D eigenvalue weighted by molar-refractivity contribution is 7.89. The average Bonchev–Trinajstić information content (AvgIpc) is 3.24. The van der Waals surface area contributed by atoms with Crippen molar-refractivity contribution in [1.29, 1.82) is 0 Å². The summed E-state index contributed by atoms with van der Waals surface area (Å²) in [6.45, 7) is 1.85. The molecule has 0 bridgehead atoms. The van der Waals surface area contributed by atoms with E-state index in [0.717, 1.165) is 5.76 Å². The van der Waals surface area contributed by atoms with Gasteiger partial charge in [-0.05, 0) is 37.3 Å². The van der Waals surface area contributed by atoms with Crippen LogP contribution in [0, 0.1) is 6.92 Å². The van der Waals surface area contributed by atoms with Crippen LogP contribution in [-0.2, 0) is 16.6 Å². The van der Waals surface area contributed by atoms with Crippen LogP contribution in [-0.4, -0.2) is 20.7 Å². The molecule has 0 aliphatic rings. The van der Waals surface area contributed by atoms with Gasteiger partial charge >= 0.3 is 0 Å². The van der Waals surface area contributed by atoms with Crippen molar-refractivity contribution in [3.05, 3.63) is 54.1 Å². The summed E-state index contributed by atoms with van der Waals surface area (Å²) in [6.07, 6.45) is 1.51.